The summed E-state index contributed by atoms with van der Waals surface area (Å²) >= 11 is 0. The number of nitrogens with zero attached hydrogens (tertiary/aromatic N) is 4. The number of hydrogen-bond acceptors (Lipinski definition) is 5. The second-order valence-corrected chi connectivity index (χ2v) is 5.39. The van der Waals surface area contributed by atoms with E-state index >= 15 is 0 Å². The molecule has 6 nitrogen and oxygen atoms in total. The summed E-state index contributed by atoms with van der Waals surface area (Å²) < 4.78 is 5.23. The second kappa shape index (κ2) is 4.89. The maximum absolute atomic E-state index is 5.23. The van der Waals surface area contributed by atoms with Crippen molar-refractivity contribution in [2.75, 3.05) is 6.54 Å². The summed E-state index contributed by atoms with van der Waals surface area (Å²) in [4.78, 5) is 1.61. The Labute approximate surface area is 106 Å². The molecule has 98 valence electrons. The van der Waals surface area contributed by atoms with E-state index < -0.39 is 0 Å². The number of nitrogens with one attached hydrogen (secondary N) is 1. The highest BCUT2D eigenvalue weighted by molar-refractivity contribution is 5.43. The van der Waals surface area contributed by atoms with E-state index in [1.165, 1.54) is 0 Å². The minimum atomic E-state index is 0.0820. The zero-order chi connectivity index (χ0) is 13.2. The molecule has 2 rings (SSSR count). The standard InChI is InChI=1S/C12H19N5O/c1-9(8-13-12(2,3)4)17-15-11(14-16-17)10-6-5-7-18-10/h5-7,9,13H,8H2,1-4H3. The van der Waals surface area contributed by atoms with Crippen LogP contribution in [0.15, 0.2) is 22.8 Å². The Balaban J connectivity index is 2.02. The average molecular weight is 249 g/mol. The average Bonchev–Trinajstić information content (AvgIpc) is 2.94. The number of aromatic nitrogens is 4. The van der Waals surface area contributed by atoms with Crippen LogP contribution in [0.3, 0.4) is 0 Å². The van der Waals surface area contributed by atoms with E-state index in [0.29, 0.717) is 11.6 Å². The Hall–Kier alpha value is -1.69. The third-order valence-corrected chi connectivity index (χ3v) is 2.49. The van der Waals surface area contributed by atoms with E-state index in [9.17, 15) is 0 Å². The molecule has 18 heavy (non-hydrogen) atoms. The number of rotatable bonds is 4. The zero-order valence-electron chi connectivity index (χ0n) is 11.2. The van der Waals surface area contributed by atoms with Crippen molar-refractivity contribution in [3.63, 3.8) is 0 Å². The van der Waals surface area contributed by atoms with Crippen molar-refractivity contribution in [3.05, 3.63) is 18.4 Å². The fourth-order valence-corrected chi connectivity index (χ4v) is 1.45. The van der Waals surface area contributed by atoms with Gasteiger partial charge in [-0.15, -0.1) is 10.2 Å². The molecule has 0 aliphatic heterocycles. The number of furan rings is 1. The molecule has 2 aromatic rings. The Bertz CT molecular complexity index is 483. The lowest BCUT2D eigenvalue weighted by molar-refractivity contribution is 0.342. The molecule has 0 saturated carbocycles. The van der Waals surface area contributed by atoms with Gasteiger partial charge in [0.1, 0.15) is 0 Å². The van der Waals surface area contributed by atoms with Crippen LogP contribution in [-0.4, -0.2) is 32.3 Å². The van der Waals surface area contributed by atoms with Gasteiger partial charge in [-0.3, -0.25) is 0 Å². The SMILES string of the molecule is CC(CNC(C)(C)C)n1nnc(-c2ccco2)n1. The van der Waals surface area contributed by atoms with Crippen LogP contribution < -0.4 is 5.32 Å². The predicted molar refractivity (Wildman–Crippen MR) is 68.0 cm³/mol. The maximum atomic E-state index is 5.23. The molecule has 0 bridgehead atoms. The Kier molecular flexibility index (Phi) is 3.47. The molecule has 0 fully saturated rings. The highest BCUT2D eigenvalue weighted by atomic mass is 16.3. The van der Waals surface area contributed by atoms with Gasteiger partial charge in [-0.1, -0.05) is 0 Å². The summed E-state index contributed by atoms with van der Waals surface area (Å²) in [6.07, 6.45) is 1.60. The minimum absolute atomic E-state index is 0.0820. The predicted octanol–water partition coefficient (Wildman–Crippen LogP) is 1.88. The third kappa shape index (κ3) is 3.16. The lowest BCUT2D eigenvalue weighted by Crippen LogP contribution is -2.39. The fraction of sp³-hybridized carbons (Fsp3) is 0.583. The van der Waals surface area contributed by atoms with Crippen LogP contribution in [0.2, 0.25) is 0 Å². The van der Waals surface area contributed by atoms with E-state index in [0.717, 1.165) is 6.54 Å². The fourth-order valence-electron chi connectivity index (χ4n) is 1.45. The summed E-state index contributed by atoms with van der Waals surface area (Å²) in [5.41, 5.74) is 0.0820. The molecule has 0 saturated heterocycles. The van der Waals surface area contributed by atoms with Gasteiger partial charge in [0.15, 0.2) is 5.76 Å². The molecule has 6 heteroatoms. The molecular formula is C12H19N5O. The van der Waals surface area contributed by atoms with Crippen molar-refractivity contribution in [2.24, 2.45) is 0 Å². The molecule has 2 heterocycles. The van der Waals surface area contributed by atoms with Gasteiger partial charge in [0.2, 0.25) is 5.82 Å². The summed E-state index contributed by atoms with van der Waals surface area (Å²) in [5, 5.41) is 15.8. The summed E-state index contributed by atoms with van der Waals surface area (Å²) in [5.74, 6) is 1.15. The quantitative estimate of drug-likeness (QED) is 0.896. The van der Waals surface area contributed by atoms with Crippen molar-refractivity contribution in [3.8, 4) is 11.6 Å². The molecule has 0 spiro atoms. The molecule has 0 radical (unpaired) electrons. The van der Waals surface area contributed by atoms with Crippen molar-refractivity contribution in [2.45, 2.75) is 39.3 Å². The van der Waals surface area contributed by atoms with Gasteiger partial charge in [-0.05, 0) is 45.0 Å². The summed E-state index contributed by atoms with van der Waals surface area (Å²) in [7, 11) is 0. The topological polar surface area (TPSA) is 68.8 Å². The first-order chi connectivity index (χ1) is 8.46. The van der Waals surface area contributed by atoms with Gasteiger partial charge in [0.05, 0.1) is 12.3 Å². The maximum Gasteiger partial charge on any atom is 0.240 e. The van der Waals surface area contributed by atoms with Gasteiger partial charge < -0.3 is 9.73 Å². The lowest BCUT2D eigenvalue weighted by atomic mass is 10.1. The van der Waals surface area contributed by atoms with E-state index in [2.05, 4.69) is 41.5 Å². The van der Waals surface area contributed by atoms with E-state index in [-0.39, 0.29) is 11.6 Å². The van der Waals surface area contributed by atoms with Crippen LogP contribution in [0.25, 0.3) is 11.6 Å². The number of hydrogen-bond donors (Lipinski definition) is 1. The first kappa shape index (κ1) is 12.8. The first-order valence-corrected chi connectivity index (χ1v) is 6.04. The van der Waals surface area contributed by atoms with Crippen LogP contribution in [0.4, 0.5) is 0 Å². The normalized spacial score (nSPS) is 13.8. The molecule has 2 aromatic heterocycles. The molecule has 0 aliphatic carbocycles. The van der Waals surface area contributed by atoms with Crippen molar-refractivity contribution in [1.29, 1.82) is 0 Å². The largest absolute Gasteiger partial charge is 0.461 e. The van der Waals surface area contributed by atoms with Gasteiger partial charge in [0, 0.05) is 12.1 Å². The molecule has 0 aliphatic rings. The van der Waals surface area contributed by atoms with Gasteiger partial charge in [0.25, 0.3) is 0 Å². The first-order valence-electron chi connectivity index (χ1n) is 6.04. The molecule has 1 N–H and O–H groups in total. The minimum Gasteiger partial charge on any atom is -0.461 e. The van der Waals surface area contributed by atoms with Gasteiger partial charge in [-0.2, -0.15) is 4.80 Å². The van der Waals surface area contributed by atoms with Crippen molar-refractivity contribution < 1.29 is 4.42 Å². The summed E-state index contributed by atoms with van der Waals surface area (Å²) in [6, 6.07) is 3.76. The Morgan fingerprint density at radius 1 is 1.44 bits per heavy atom. The zero-order valence-corrected chi connectivity index (χ0v) is 11.2. The van der Waals surface area contributed by atoms with Crippen LogP contribution in [0.1, 0.15) is 33.7 Å². The highest BCUT2D eigenvalue weighted by Crippen LogP contribution is 2.14. The third-order valence-electron chi connectivity index (χ3n) is 2.49. The van der Waals surface area contributed by atoms with Crippen LogP contribution in [0.5, 0.6) is 0 Å². The molecular weight excluding hydrogens is 230 g/mol. The molecule has 0 amide bonds. The van der Waals surface area contributed by atoms with Crippen molar-refractivity contribution in [1.82, 2.24) is 25.5 Å². The number of tetrazole rings is 1. The van der Waals surface area contributed by atoms with Gasteiger partial charge >= 0.3 is 0 Å². The molecule has 0 aromatic carbocycles. The second-order valence-electron chi connectivity index (χ2n) is 5.39. The lowest BCUT2D eigenvalue weighted by Gasteiger charge is -2.22. The highest BCUT2D eigenvalue weighted by Gasteiger charge is 2.15. The van der Waals surface area contributed by atoms with E-state index in [1.807, 2.05) is 13.0 Å². The molecule has 1 atom stereocenters. The monoisotopic (exact) mass is 249 g/mol. The van der Waals surface area contributed by atoms with E-state index in [1.54, 1.807) is 17.1 Å². The smallest absolute Gasteiger partial charge is 0.240 e. The van der Waals surface area contributed by atoms with Gasteiger partial charge in [-0.25, -0.2) is 0 Å². The Morgan fingerprint density at radius 2 is 2.22 bits per heavy atom. The van der Waals surface area contributed by atoms with Crippen LogP contribution >= 0.6 is 0 Å². The van der Waals surface area contributed by atoms with Crippen molar-refractivity contribution >= 4 is 0 Å². The summed E-state index contributed by atoms with van der Waals surface area (Å²) in [6.45, 7) is 9.22. The Morgan fingerprint density at radius 3 is 2.83 bits per heavy atom. The van der Waals surface area contributed by atoms with E-state index in [4.69, 9.17) is 4.42 Å². The van der Waals surface area contributed by atoms with Crippen LogP contribution in [-0.2, 0) is 0 Å². The van der Waals surface area contributed by atoms with Crippen LogP contribution in [0, 0.1) is 0 Å². The molecule has 1 unspecified atom stereocenters.